The molecule has 0 spiro atoms. The highest BCUT2D eigenvalue weighted by Crippen LogP contribution is 2.27. The highest BCUT2D eigenvalue weighted by atomic mass is 16.5. The summed E-state index contributed by atoms with van der Waals surface area (Å²) in [6, 6.07) is 16.1. The summed E-state index contributed by atoms with van der Waals surface area (Å²) < 4.78 is 5.38. The Balaban J connectivity index is 1.64. The topological polar surface area (TPSA) is 32.8 Å². The van der Waals surface area contributed by atoms with Gasteiger partial charge in [-0.2, -0.15) is 0 Å². The lowest BCUT2D eigenvalue weighted by atomic mass is 10.2. The summed E-state index contributed by atoms with van der Waals surface area (Å²) in [6.07, 6.45) is 0.943. The minimum absolute atomic E-state index is 0.146. The zero-order valence-electron chi connectivity index (χ0n) is 13.7. The number of nitrogens with zero attached hydrogens (tertiary/aromatic N) is 2. The van der Waals surface area contributed by atoms with Crippen LogP contribution in [0.25, 0.3) is 0 Å². The Labute approximate surface area is 137 Å². The molecule has 4 nitrogen and oxygen atoms in total. The van der Waals surface area contributed by atoms with Gasteiger partial charge in [-0.25, -0.2) is 0 Å². The molecule has 0 atom stereocenters. The van der Waals surface area contributed by atoms with Gasteiger partial charge in [0.1, 0.15) is 5.75 Å². The van der Waals surface area contributed by atoms with Crippen LogP contribution in [0.3, 0.4) is 0 Å². The first-order valence-corrected chi connectivity index (χ1v) is 7.87. The van der Waals surface area contributed by atoms with E-state index < -0.39 is 0 Å². The number of ether oxygens (including phenoxy) is 1. The predicted molar refractivity (Wildman–Crippen MR) is 91.8 cm³/mol. The van der Waals surface area contributed by atoms with Gasteiger partial charge < -0.3 is 9.64 Å². The average Bonchev–Trinajstić information content (AvgIpc) is 2.99. The number of methoxy groups -OCH3 is 1. The number of fused-ring (bicyclic) bond motifs is 1. The molecule has 1 heterocycles. The van der Waals surface area contributed by atoms with Crippen molar-refractivity contribution in [1.29, 1.82) is 0 Å². The zero-order valence-corrected chi connectivity index (χ0v) is 13.7. The number of carbonyl (C=O) groups is 1. The molecule has 120 valence electrons. The Hall–Kier alpha value is -2.33. The molecular weight excluding hydrogens is 288 g/mol. The quantitative estimate of drug-likeness (QED) is 0.851. The minimum Gasteiger partial charge on any atom is -0.496 e. The summed E-state index contributed by atoms with van der Waals surface area (Å²) >= 11 is 0. The Morgan fingerprint density at radius 2 is 1.91 bits per heavy atom. The molecule has 0 unspecified atom stereocenters. The summed E-state index contributed by atoms with van der Waals surface area (Å²) in [5.74, 6) is 1.01. The van der Waals surface area contributed by atoms with Gasteiger partial charge in [-0.1, -0.05) is 36.4 Å². The van der Waals surface area contributed by atoms with E-state index in [1.54, 1.807) is 7.11 Å². The Morgan fingerprint density at radius 1 is 1.17 bits per heavy atom. The van der Waals surface area contributed by atoms with Crippen molar-refractivity contribution in [3.8, 4) is 5.75 Å². The molecule has 1 aliphatic heterocycles. The molecule has 0 aromatic heterocycles. The maximum Gasteiger partial charge on any atom is 0.241 e. The second kappa shape index (κ2) is 6.84. The van der Waals surface area contributed by atoms with E-state index in [1.165, 1.54) is 5.56 Å². The van der Waals surface area contributed by atoms with Crippen LogP contribution < -0.4 is 9.64 Å². The molecule has 0 radical (unpaired) electrons. The average molecular weight is 310 g/mol. The Morgan fingerprint density at radius 3 is 2.74 bits per heavy atom. The van der Waals surface area contributed by atoms with Crippen LogP contribution in [-0.2, 0) is 17.8 Å². The third kappa shape index (κ3) is 3.37. The summed E-state index contributed by atoms with van der Waals surface area (Å²) in [5, 5.41) is 0. The summed E-state index contributed by atoms with van der Waals surface area (Å²) in [5.41, 5.74) is 3.41. The van der Waals surface area contributed by atoms with Gasteiger partial charge in [-0.05, 0) is 31.2 Å². The fourth-order valence-corrected chi connectivity index (χ4v) is 3.09. The van der Waals surface area contributed by atoms with Gasteiger partial charge in [0.25, 0.3) is 0 Å². The Kier molecular flexibility index (Phi) is 4.63. The number of benzene rings is 2. The predicted octanol–water partition coefficient (Wildman–Crippen LogP) is 2.72. The molecule has 0 fully saturated rings. The molecule has 0 N–H and O–H groups in total. The molecule has 0 aliphatic carbocycles. The number of hydrogen-bond acceptors (Lipinski definition) is 3. The summed E-state index contributed by atoms with van der Waals surface area (Å²) in [7, 11) is 3.64. The fraction of sp³-hybridized carbons (Fsp3) is 0.316. The molecule has 4 heteroatoms. The molecule has 1 amide bonds. The highest BCUT2D eigenvalue weighted by molar-refractivity contribution is 5.96. The van der Waals surface area contributed by atoms with Crippen molar-refractivity contribution in [2.24, 2.45) is 0 Å². The number of anilines is 1. The van der Waals surface area contributed by atoms with E-state index in [0.29, 0.717) is 13.1 Å². The van der Waals surface area contributed by atoms with Gasteiger partial charge in [0.05, 0.1) is 13.7 Å². The minimum atomic E-state index is 0.146. The lowest BCUT2D eigenvalue weighted by molar-refractivity contribution is -0.119. The second-order valence-corrected chi connectivity index (χ2v) is 5.91. The largest absolute Gasteiger partial charge is 0.496 e. The smallest absolute Gasteiger partial charge is 0.241 e. The SMILES string of the molecule is COc1ccccc1CN(C)CC(=O)N1CCc2ccccc21. The van der Waals surface area contributed by atoms with Crippen LogP contribution in [0, 0.1) is 0 Å². The molecule has 3 rings (SSSR count). The molecular formula is C19H22N2O2. The first-order valence-electron chi connectivity index (χ1n) is 7.87. The zero-order chi connectivity index (χ0) is 16.2. The standard InChI is InChI=1S/C19H22N2O2/c1-20(13-16-8-4-6-10-18(16)23-2)14-19(22)21-12-11-15-7-3-5-9-17(15)21/h3-10H,11-14H2,1-2H3. The first kappa shape index (κ1) is 15.6. The van der Waals surface area contributed by atoms with Crippen molar-refractivity contribution < 1.29 is 9.53 Å². The number of rotatable bonds is 5. The van der Waals surface area contributed by atoms with Crippen molar-refractivity contribution in [2.75, 3.05) is 32.1 Å². The van der Waals surface area contributed by atoms with E-state index in [-0.39, 0.29) is 5.91 Å². The molecule has 2 aromatic rings. The Bertz CT molecular complexity index is 699. The van der Waals surface area contributed by atoms with Crippen molar-refractivity contribution >= 4 is 11.6 Å². The van der Waals surface area contributed by atoms with Gasteiger partial charge >= 0.3 is 0 Å². The van der Waals surface area contributed by atoms with Gasteiger partial charge in [0.15, 0.2) is 0 Å². The second-order valence-electron chi connectivity index (χ2n) is 5.91. The summed E-state index contributed by atoms with van der Waals surface area (Å²) in [6.45, 7) is 1.86. The fourth-order valence-electron chi connectivity index (χ4n) is 3.09. The number of carbonyl (C=O) groups excluding carboxylic acids is 1. The van der Waals surface area contributed by atoms with E-state index in [1.807, 2.05) is 59.3 Å². The molecule has 0 bridgehead atoms. The van der Waals surface area contributed by atoms with E-state index in [9.17, 15) is 4.79 Å². The number of para-hydroxylation sites is 2. The van der Waals surface area contributed by atoms with E-state index in [4.69, 9.17) is 4.74 Å². The lowest BCUT2D eigenvalue weighted by Gasteiger charge is -2.22. The molecule has 1 aliphatic rings. The van der Waals surface area contributed by atoms with Crippen LogP contribution in [0.5, 0.6) is 5.75 Å². The molecule has 0 saturated carbocycles. The normalized spacial score (nSPS) is 13.3. The van der Waals surface area contributed by atoms with E-state index >= 15 is 0 Å². The maximum absolute atomic E-state index is 12.6. The maximum atomic E-state index is 12.6. The van der Waals surface area contributed by atoms with Crippen molar-refractivity contribution in [1.82, 2.24) is 4.90 Å². The van der Waals surface area contributed by atoms with Gasteiger partial charge in [-0.15, -0.1) is 0 Å². The van der Waals surface area contributed by atoms with Gasteiger partial charge in [0, 0.05) is 24.3 Å². The van der Waals surface area contributed by atoms with Gasteiger partial charge in [0.2, 0.25) is 5.91 Å². The van der Waals surface area contributed by atoms with Crippen LogP contribution in [-0.4, -0.2) is 38.1 Å². The van der Waals surface area contributed by atoms with Crippen LogP contribution in [0.2, 0.25) is 0 Å². The highest BCUT2D eigenvalue weighted by Gasteiger charge is 2.24. The molecule has 0 saturated heterocycles. The third-order valence-electron chi connectivity index (χ3n) is 4.23. The summed E-state index contributed by atoms with van der Waals surface area (Å²) in [4.78, 5) is 16.5. The van der Waals surface area contributed by atoms with Crippen LogP contribution >= 0.6 is 0 Å². The third-order valence-corrected chi connectivity index (χ3v) is 4.23. The van der Waals surface area contributed by atoms with Gasteiger partial charge in [-0.3, -0.25) is 9.69 Å². The van der Waals surface area contributed by atoms with Crippen LogP contribution in [0.4, 0.5) is 5.69 Å². The van der Waals surface area contributed by atoms with Crippen molar-refractivity contribution in [3.05, 3.63) is 59.7 Å². The van der Waals surface area contributed by atoms with Crippen LogP contribution in [0.15, 0.2) is 48.5 Å². The monoisotopic (exact) mass is 310 g/mol. The number of hydrogen-bond donors (Lipinski definition) is 0. The first-order chi connectivity index (χ1) is 11.2. The molecule has 23 heavy (non-hydrogen) atoms. The molecule has 2 aromatic carbocycles. The number of amides is 1. The van der Waals surface area contributed by atoms with E-state index in [0.717, 1.165) is 30.0 Å². The van der Waals surface area contributed by atoms with Crippen molar-refractivity contribution in [2.45, 2.75) is 13.0 Å². The lowest BCUT2D eigenvalue weighted by Crippen LogP contribution is -2.37. The number of likely N-dealkylation sites (N-methyl/N-ethyl adjacent to an activating group) is 1. The van der Waals surface area contributed by atoms with Crippen LogP contribution in [0.1, 0.15) is 11.1 Å². The van der Waals surface area contributed by atoms with E-state index in [2.05, 4.69) is 6.07 Å². The van der Waals surface area contributed by atoms with Crippen molar-refractivity contribution in [3.63, 3.8) is 0 Å².